The zero-order chi connectivity index (χ0) is 11.4. The minimum Gasteiger partial charge on any atom is -0.494 e. The van der Waals surface area contributed by atoms with E-state index in [4.69, 9.17) is 4.74 Å². The molecule has 0 amide bonds. The van der Waals surface area contributed by atoms with Crippen molar-refractivity contribution in [2.45, 2.75) is 19.6 Å². The molecule has 15 heavy (non-hydrogen) atoms. The molecule has 0 spiro atoms. The quantitative estimate of drug-likeness (QED) is 0.576. The van der Waals surface area contributed by atoms with Crippen molar-refractivity contribution < 1.29 is 19.7 Å². The summed E-state index contributed by atoms with van der Waals surface area (Å²) in [7, 11) is 0. The highest BCUT2D eigenvalue weighted by Gasteiger charge is 2.12. The number of aromatic hydroxyl groups is 2. The molecule has 0 aliphatic carbocycles. The zero-order valence-electron chi connectivity index (χ0n) is 8.38. The van der Waals surface area contributed by atoms with Gasteiger partial charge in [0.15, 0.2) is 11.8 Å². The molecule has 0 saturated carbocycles. The van der Waals surface area contributed by atoms with Gasteiger partial charge in [-0.2, -0.15) is 0 Å². The van der Waals surface area contributed by atoms with Crippen LogP contribution in [0.2, 0.25) is 0 Å². The molecule has 5 heteroatoms. The van der Waals surface area contributed by atoms with E-state index in [0.29, 0.717) is 0 Å². The standard InChI is InChI=1S/C10H13NO4/c1-3-10(14)15-7(2)6-11-8(12)4-5-9(11)13/h3-5,7,12-13H,1,6H2,2H3. The highest BCUT2D eigenvalue weighted by molar-refractivity contribution is 5.81. The van der Waals surface area contributed by atoms with Crippen molar-refractivity contribution in [2.24, 2.45) is 0 Å². The normalized spacial score (nSPS) is 12.1. The lowest BCUT2D eigenvalue weighted by molar-refractivity contribution is -0.142. The van der Waals surface area contributed by atoms with E-state index in [9.17, 15) is 15.0 Å². The number of rotatable bonds is 4. The van der Waals surface area contributed by atoms with E-state index in [2.05, 4.69) is 6.58 Å². The Morgan fingerprint density at radius 2 is 2.13 bits per heavy atom. The van der Waals surface area contributed by atoms with Crippen molar-refractivity contribution in [3.8, 4) is 11.8 Å². The van der Waals surface area contributed by atoms with Gasteiger partial charge in [-0.3, -0.25) is 4.57 Å². The number of carbonyl (C=O) groups excluding carboxylic acids is 1. The van der Waals surface area contributed by atoms with Crippen LogP contribution in [0.1, 0.15) is 6.92 Å². The summed E-state index contributed by atoms with van der Waals surface area (Å²) < 4.78 is 6.12. The summed E-state index contributed by atoms with van der Waals surface area (Å²) in [5.74, 6) is -0.684. The molecular weight excluding hydrogens is 198 g/mol. The third-order valence-corrected chi connectivity index (χ3v) is 1.86. The fourth-order valence-corrected chi connectivity index (χ4v) is 1.17. The lowest BCUT2D eigenvalue weighted by Gasteiger charge is -2.14. The minimum atomic E-state index is -0.534. The predicted molar refractivity (Wildman–Crippen MR) is 53.5 cm³/mol. The van der Waals surface area contributed by atoms with Gasteiger partial charge in [-0.15, -0.1) is 0 Å². The van der Waals surface area contributed by atoms with Crippen LogP contribution in [0.5, 0.6) is 11.8 Å². The summed E-state index contributed by atoms with van der Waals surface area (Å²) in [5.41, 5.74) is 0. The number of hydrogen-bond acceptors (Lipinski definition) is 4. The summed E-state index contributed by atoms with van der Waals surface area (Å²) in [6.07, 6.45) is 0.603. The van der Waals surface area contributed by atoms with Gasteiger partial charge >= 0.3 is 5.97 Å². The van der Waals surface area contributed by atoms with Gasteiger partial charge in [0.05, 0.1) is 6.54 Å². The number of nitrogens with zero attached hydrogens (tertiary/aromatic N) is 1. The molecule has 0 aromatic carbocycles. The van der Waals surface area contributed by atoms with Crippen molar-refractivity contribution >= 4 is 5.97 Å². The Labute approximate surface area is 87.2 Å². The lowest BCUT2D eigenvalue weighted by Crippen LogP contribution is -2.19. The first-order valence-corrected chi connectivity index (χ1v) is 4.45. The van der Waals surface area contributed by atoms with Gasteiger partial charge < -0.3 is 14.9 Å². The molecule has 1 aromatic rings. The number of ether oxygens (including phenoxy) is 1. The topological polar surface area (TPSA) is 71.7 Å². The molecule has 0 aliphatic heterocycles. The Morgan fingerprint density at radius 3 is 2.60 bits per heavy atom. The average Bonchev–Trinajstić information content (AvgIpc) is 2.49. The summed E-state index contributed by atoms with van der Waals surface area (Å²) in [5, 5.41) is 18.6. The number of carbonyl (C=O) groups is 1. The number of esters is 1. The summed E-state index contributed by atoms with van der Waals surface area (Å²) in [4.78, 5) is 10.8. The van der Waals surface area contributed by atoms with E-state index in [1.807, 2.05) is 0 Å². The van der Waals surface area contributed by atoms with Crippen molar-refractivity contribution in [3.05, 3.63) is 24.8 Å². The molecule has 0 fully saturated rings. The van der Waals surface area contributed by atoms with E-state index in [-0.39, 0.29) is 18.3 Å². The first-order chi connectivity index (χ1) is 7.04. The monoisotopic (exact) mass is 211 g/mol. The SMILES string of the molecule is C=CC(=O)OC(C)Cn1c(O)ccc1O. The van der Waals surface area contributed by atoms with Crippen molar-refractivity contribution in [1.82, 2.24) is 4.57 Å². The van der Waals surface area contributed by atoms with E-state index in [1.54, 1.807) is 6.92 Å². The van der Waals surface area contributed by atoms with Crippen LogP contribution in [0, 0.1) is 0 Å². The lowest BCUT2D eigenvalue weighted by atomic mass is 10.4. The third-order valence-electron chi connectivity index (χ3n) is 1.86. The van der Waals surface area contributed by atoms with Gasteiger partial charge in [-0.05, 0) is 6.92 Å². The molecule has 0 aliphatic rings. The van der Waals surface area contributed by atoms with Crippen molar-refractivity contribution in [1.29, 1.82) is 0 Å². The maximum atomic E-state index is 10.8. The Bertz CT molecular complexity index is 350. The average molecular weight is 211 g/mol. The van der Waals surface area contributed by atoms with Gasteiger partial charge in [0.2, 0.25) is 0 Å². The van der Waals surface area contributed by atoms with Crippen molar-refractivity contribution in [3.63, 3.8) is 0 Å². The van der Waals surface area contributed by atoms with Gasteiger partial charge in [-0.1, -0.05) is 6.58 Å². The van der Waals surface area contributed by atoms with Crippen LogP contribution in [0.3, 0.4) is 0 Å². The van der Waals surface area contributed by atoms with Crippen LogP contribution in [0.15, 0.2) is 24.8 Å². The maximum Gasteiger partial charge on any atom is 0.330 e. The van der Waals surface area contributed by atoms with E-state index < -0.39 is 12.1 Å². The maximum absolute atomic E-state index is 10.8. The van der Waals surface area contributed by atoms with Gasteiger partial charge in [0.25, 0.3) is 0 Å². The molecule has 0 saturated heterocycles. The third kappa shape index (κ3) is 2.77. The Morgan fingerprint density at radius 1 is 1.60 bits per heavy atom. The molecule has 1 rings (SSSR count). The van der Waals surface area contributed by atoms with Crippen molar-refractivity contribution in [2.75, 3.05) is 0 Å². The predicted octanol–water partition coefficient (Wildman–Crippen LogP) is 1.02. The van der Waals surface area contributed by atoms with Gasteiger partial charge in [0, 0.05) is 18.2 Å². The zero-order valence-corrected chi connectivity index (χ0v) is 8.38. The Balaban J connectivity index is 2.62. The second-order valence-electron chi connectivity index (χ2n) is 3.11. The molecular formula is C10H13NO4. The minimum absolute atomic E-state index is 0.0750. The smallest absolute Gasteiger partial charge is 0.330 e. The van der Waals surface area contributed by atoms with E-state index in [1.165, 1.54) is 16.7 Å². The van der Waals surface area contributed by atoms with Gasteiger partial charge in [0.1, 0.15) is 6.10 Å². The molecule has 82 valence electrons. The van der Waals surface area contributed by atoms with E-state index >= 15 is 0 Å². The van der Waals surface area contributed by atoms with Crippen LogP contribution in [-0.2, 0) is 16.1 Å². The number of aromatic nitrogens is 1. The molecule has 1 atom stereocenters. The Kier molecular flexibility index (Phi) is 3.38. The van der Waals surface area contributed by atoms with Crippen LogP contribution in [0.25, 0.3) is 0 Å². The van der Waals surface area contributed by atoms with Crippen LogP contribution in [-0.4, -0.2) is 26.9 Å². The first kappa shape index (κ1) is 11.2. The van der Waals surface area contributed by atoms with Crippen LogP contribution >= 0.6 is 0 Å². The molecule has 1 aromatic heterocycles. The summed E-state index contributed by atoms with van der Waals surface area (Å²) >= 11 is 0. The Hall–Kier alpha value is -1.91. The largest absolute Gasteiger partial charge is 0.494 e. The van der Waals surface area contributed by atoms with Gasteiger partial charge in [-0.25, -0.2) is 4.79 Å². The summed E-state index contributed by atoms with van der Waals surface area (Å²) in [6, 6.07) is 2.72. The first-order valence-electron chi connectivity index (χ1n) is 4.45. The molecule has 0 radical (unpaired) electrons. The van der Waals surface area contributed by atoms with Crippen LogP contribution in [0.4, 0.5) is 0 Å². The fraction of sp³-hybridized carbons (Fsp3) is 0.300. The second-order valence-corrected chi connectivity index (χ2v) is 3.11. The van der Waals surface area contributed by atoms with Crippen LogP contribution < -0.4 is 0 Å². The number of hydrogen-bond donors (Lipinski definition) is 2. The highest BCUT2D eigenvalue weighted by Crippen LogP contribution is 2.21. The molecule has 5 nitrogen and oxygen atoms in total. The molecule has 0 bridgehead atoms. The molecule has 1 heterocycles. The summed E-state index contributed by atoms with van der Waals surface area (Å²) in [6.45, 7) is 5.10. The highest BCUT2D eigenvalue weighted by atomic mass is 16.5. The second kappa shape index (κ2) is 4.54. The molecule has 1 unspecified atom stereocenters. The fourth-order valence-electron chi connectivity index (χ4n) is 1.17. The van der Waals surface area contributed by atoms with E-state index in [0.717, 1.165) is 6.08 Å². The molecule has 2 N–H and O–H groups in total.